The first-order valence-corrected chi connectivity index (χ1v) is 12.1. The summed E-state index contributed by atoms with van der Waals surface area (Å²) in [6.07, 6.45) is -0.711. The lowest BCUT2D eigenvalue weighted by Crippen LogP contribution is -2.52. The third-order valence-corrected chi connectivity index (χ3v) is 6.46. The molecular formula is C26H27ClF4N4O4. The predicted molar refractivity (Wildman–Crippen MR) is 138 cm³/mol. The van der Waals surface area contributed by atoms with Gasteiger partial charge in [-0.2, -0.15) is 0 Å². The fourth-order valence-corrected chi connectivity index (χ4v) is 3.69. The zero-order valence-electron chi connectivity index (χ0n) is 21.3. The van der Waals surface area contributed by atoms with Gasteiger partial charge in [-0.15, -0.1) is 0 Å². The maximum Gasteiger partial charge on any atom is 0.412 e. The molecule has 0 aliphatic heterocycles. The van der Waals surface area contributed by atoms with Crippen LogP contribution in [0.3, 0.4) is 0 Å². The molecule has 0 fully saturated rings. The molecule has 39 heavy (non-hydrogen) atoms. The van der Waals surface area contributed by atoms with Crippen molar-refractivity contribution in [1.29, 1.82) is 0 Å². The standard InChI is InChI=1S/C26H27ClF4N4O4/c1-25(2,38)26(30,31)11-19(35(3)23(36)33-13-16-5-4-6-20(29)22(16)27)14-39-24(37)34-21-10-17-9-18(28)8-7-15(17)12-32-21/h4-10,12,19,38H,11,13-14H2,1-3H3,(H,33,36)(H,32,34,37)/t19-/m0/s1. The molecule has 3 N–H and O–H groups in total. The maximum absolute atomic E-state index is 14.7. The van der Waals surface area contributed by atoms with E-state index in [0.29, 0.717) is 10.8 Å². The third-order valence-electron chi connectivity index (χ3n) is 6.04. The molecule has 0 saturated heterocycles. The van der Waals surface area contributed by atoms with E-state index in [4.69, 9.17) is 16.3 Å². The van der Waals surface area contributed by atoms with Crippen LogP contribution in [0.25, 0.3) is 10.8 Å². The van der Waals surface area contributed by atoms with Crippen molar-refractivity contribution in [3.8, 4) is 0 Å². The van der Waals surface area contributed by atoms with Crippen LogP contribution in [0.5, 0.6) is 0 Å². The van der Waals surface area contributed by atoms with E-state index in [1.807, 2.05) is 0 Å². The van der Waals surface area contributed by atoms with Crippen molar-refractivity contribution in [1.82, 2.24) is 15.2 Å². The number of alkyl halides is 2. The number of rotatable bonds is 9. The molecule has 0 bridgehead atoms. The van der Waals surface area contributed by atoms with Crippen LogP contribution in [-0.2, 0) is 11.3 Å². The van der Waals surface area contributed by atoms with Gasteiger partial charge in [0.1, 0.15) is 29.7 Å². The molecule has 0 aliphatic rings. The Balaban J connectivity index is 1.70. The number of nitrogens with one attached hydrogen (secondary N) is 2. The molecule has 1 heterocycles. The van der Waals surface area contributed by atoms with E-state index in [0.717, 1.165) is 24.8 Å². The number of halogens is 5. The van der Waals surface area contributed by atoms with Gasteiger partial charge in [0.2, 0.25) is 0 Å². The van der Waals surface area contributed by atoms with Crippen LogP contribution in [0.15, 0.2) is 48.7 Å². The summed E-state index contributed by atoms with van der Waals surface area (Å²) in [5.74, 6) is -4.83. The second-order valence-corrected chi connectivity index (χ2v) is 9.77. The predicted octanol–water partition coefficient (Wildman–Crippen LogP) is 5.72. The number of anilines is 1. The summed E-state index contributed by atoms with van der Waals surface area (Å²) in [4.78, 5) is 30.1. The highest BCUT2D eigenvalue weighted by Gasteiger charge is 2.48. The van der Waals surface area contributed by atoms with Crippen LogP contribution in [0, 0.1) is 11.6 Å². The molecule has 8 nitrogen and oxygen atoms in total. The van der Waals surface area contributed by atoms with Gasteiger partial charge in [-0.05, 0) is 55.1 Å². The topological polar surface area (TPSA) is 104 Å². The molecule has 0 spiro atoms. The van der Waals surface area contributed by atoms with Gasteiger partial charge < -0.3 is 20.1 Å². The van der Waals surface area contributed by atoms with E-state index in [2.05, 4.69) is 15.6 Å². The minimum Gasteiger partial charge on any atom is -0.447 e. The number of carbonyl (C=O) groups excluding carboxylic acids is 2. The average molecular weight is 571 g/mol. The molecule has 3 rings (SSSR count). The largest absolute Gasteiger partial charge is 0.447 e. The van der Waals surface area contributed by atoms with E-state index < -0.39 is 54.4 Å². The van der Waals surface area contributed by atoms with Crippen LogP contribution in [0.4, 0.5) is 33.0 Å². The second kappa shape index (κ2) is 12.0. The van der Waals surface area contributed by atoms with Gasteiger partial charge in [0.05, 0.1) is 11.1 Å². The van der Waals surface area contributed by atoms with Gasteiger partial charge >= 0.3 is 12.1 Å². The lowest BCUT2D eigenvalue weighted by atomic mass is 9.94. The van der Waals surface area contributed by atoms with Gasteiger partial charge in [0.15, 0.2) is 0 Å². The first-order valence-electron chi connectivity index (χ1n) is 11.7. The lowest BCUT2D eigenvalue weighted by molar-refractivity contribution is -0.173. The Morgan fingerprint density at radius 1 is 1.15 bits per heavy atom. The summed E-state index contributed by atoms with van der Waals surface area (Å²) in [6, 6.07) is 7.20. The average Bonchev–Trinajstić information content (AvgIpc) is 2.85. The molecule has 2 aromatic carbocycles. The maximum atomic E-state index is 14.7. The minimum atomic E-state index is -3.68. The molecule has 1 aromatic heterocycles. The number of nitrogens with zero attached hydrogens (tertiary/aromatic N) is 2. The van der Waals surface area contributed by atoms with Crippen molar-refractivity contribution in [2.45, 2.75) is 44.4 Å². The molecule has 0 saturated carbocycles. The fraction of sp³-hybridized carbons (Fsp3) is 0.346. The van der Waals surface area contributed by atoms with Crippen molar-refractivity contribution in [3.05, 3.63) is 70.9 Å². The molecule has 3 aromatic rings. The Bertz CT molecular complexity index is 1350. The van der Waals surface area contributed by atoms with Gasteiger partial charge in [0.25, 0.3) is 5.92 Å². The summed E-state index contributed by atoms with van der Waals surface area (Å²) in [5.41, 5.74) is -2.18. The zero-order valence-corrected chi connectivity index (χ0v) is 22.0. The van der Waals surface area contributed by atoms with Gasteiger partial charge in [-0.3, -0.25) is 5.32 Å². The van der Waals surface area contributed by atoms with E-state index >= 15 is 0 Å². The molecule has 3 amide bonds. The van der Waals surface area contributed by atoms with Gasteiger partial charge in [-0.25, -0.2) is 32.1 Å². The fourth-order valence-electron chi connectivity index (χ4n) is 3.49. The van der Waals surface area contributed by atoms with Crippen molar-refractivity contribution >= 4 is 40.3 Å². The van der Waals surface area contributed by atoms with Crippen molar-refractivity contribution in [2.24, 2.45) is 0 Å². The number of amides is 3. The summed E-state index contributed by atoms with van der Waals surface area (Å²) >= 11 is 5.89. The normalized spacial score (nSPS) is 12.6. The van der Waals surface area contributed by atoms with Crippen LogP contribution in [-0.4, -0.2) is 58.3 Å². The van der Waals surface area contributed by atoms with Crippen LogP contribution in [0.2, 0.25) is 5.02 Å². The number of urea groups is 1. The number of hydrogen-bond acceptors (Lipinski definition) is 5. The summed E-state index contributed by atoms with van der Waals surface area (Å²) < 4.78 is 61.8. The van der Waals surface area contributed by atoms with Crippen molar-refractivity contribution in [3.63, 3.8) is 0 Å². The minimum absolute atomic E-state index is 0.0227. The molecule has 1 atom stereocenters. The summed E-state index contributed by atoms with van der Waals surface area (Å²) in [7, 11) is 1.20. The quantitative estimate of drug-likeness (QED) is 0.285. The third kappa shape index (κ3) is 7.70. The molecule has 13 heteroatoms. The number of benzene rings is 2. The highest BCUT2D eigenvalue weighted by atomic mass is 35.5. The Hall–Kier alpha value is -3.64. The number of fused-ring (bicyclic) bond motifs is 1. The van der Waals surface area contributed by atoms with E-state index in [1.165, 1.54) is 49.6 Å². The first kappa shape index (κ1) is 29.9. The van der Waals surface area contributed by atoms with Gasteiger partial charge in [-0.1, -0.05) is 23.7 Å². The lowest BCUT2D eigenvalue weighted by Gasteiger charge is -2.35. The molecule has 210 valence electrons. The first-order chi connectivity index (χ1) is 18.2. The Morgan fingerprint density at radius 2 is 1.87 bits per heavy atom. The second-order valence-electron chi connectivity index (χ2n) is 9.39. The van der Waals surface area contributed by atoms with E-state index in [-0.39, 0.29) is 22.9 Å². The van der Waals surface area contributed by atoms with E-state index in [1.54, 1.807) is 0 Å². The molecule has 0 radical (unpaired) electrons. The number of carbonyl (C=O) groups is 2. The number of pyridine rings is 1. The highest BCUT2D eigenvalue weighted by molar-refractivity contribution is 6.31. The monoisotopic (exact) mass is 570 g/mol. The molecular weight excluding hydrogens is 544 g/mol. The Kier molecular flexibility index (Phi) is 9.23. The van der Waals surface area contributed by atoms with Crippen molar-refractivity contribution < 1.29 is 37.0 Å². The van der Waals surface area contributed by atoms with E-state index in [9.17, 15) is 32.3 Å². The number of aliphatic hydroxyl groups is 1. The SMILES string of the molecule is CN(C(=O)NCc1cccc(F)c1Cl)[C@H](COC(=O)Nc1cc2cc(F)ccc2cn1)CC(F)(F)C(C)(C)O. The van der Waals surface area contributed by atoms with Crippen LogP contribution < -0.4 is 10.6 Å². The van der Waals surface area contributed by atoms with Gasteiger partial charge in [0, 0.05) is 31.6 Å². The number of ether oxygens (including phenoxy) is 1. The van der Waals surface area contributed by atoms with Crippen LogP contribution >= 0.6 is 11.6 Å². The van der Waals surface area contributed by atoms with Crippen molar-refractivity contribution in [2.75, 3.05) is 19.0 Å². The zero-order chi connectivity index (χ0) is 29.0. The number of likely N-dealkylation sites (N-methyl/N-ethyl adjacent to an activating group) is 1. The number of hydrogen-bond donors (Lipinski definition) is 3. The Morgan fingerprint density at radius 3 is 2.56 bits per heavy atom. The molecule has 0 aliphatic carbocycles. The smallest absolute Gasteiger partial charge is 0.412 e. The summed E-state index contributed by atoms with van der Waals surface area (Å²) in [6.45, 7) is 0.948. The van der Waals surface area contributed by atoms with Crippen LogP contribution in [0.1, 0.15) is 25.8 Å². The molecule has 0 unspecified atom stereocenters. The highest BCUT2D eigenvalue weighted by Crippen LogP contribution is 2.34. The summed E-state index contributed by atoms with van der Waals surface area (Å²) in [5, 5.41) is 15.6. The number of aromatic nitrogens is 1. The Labute approximate surface area is 226 Å².